The molecule has 0 radical (unpaired) electrons. The first-order valence-corrected chi connectivity index (χ1v) is 8.23. The number of nitrogens with two attached hydrogens (primary N) is 1. The molecule has 0 spiro atoms. The smallest absolute Gasteiger partial charge is 0.243 e. The molecule has 0 saturated carbocycles. The fourth-order valence-electron chi connectivity index (χ4n) is 3.02. The van der Waals surface area contributed by atoms with Gasteiger partial charge in [0.2, 0.25) is 11.8 Å². The van der Waals surface area contributed by atoms with Gasteiger partial charge in [-0.1, -0.05) is 6.07 Å². The maximum absolute atomic E-state index is 12.0. The predicted molar refractivity (Wildman–Crippen MR) is 93.1 cm³/mol. The number of nitrogens with zero attached hydrogens (tertiary/aromatic N) is 2. The Labute approximate surface area is 147 Å². The van der Waals surface area contributed by atoms with E-state index < -0.39 is 5.91 Å². The van der Waals surface area contributed by atoms with Crippen LogP contribution in [0.15, 0.2) is 18.2 Å². The Morgan fingerprint density at radius 1 is 1.20 bits per heavy atom. The summed E-state index contributed by atoms with van der Waals surface area (Å²) in [7, 11) is 3.27. The molecule has 8 heteroatoms. The first kappa shape index (κ1) is 19.0. The number of methoxy groups -OCH3 is 2. The van der Waals surface area contributed by atoms with Crippen molar-refractivity contribution in [3.8, 4) is 11.5 Å². The largest absolute Gasteiger partial charge is 0.497 e. The molecule has 25 heavy (non-hydrogen) atoms. The number of ether oxygens (including phenoxy) is 2. The minimum absolute atomic E-state index is 0.144. The van der Waals surface area contributed by atoms with E-state index >= 15 is 0 Å². The maximum Gasteiger partial charge on any atom is 0.243 e. The molecule has 2 amide bonds. The Balaban J connectivity index is 1.98. The first-order chi connectivity index (χ1) is 12.0. The molecule has 1 atom stereocenters. The summed E-state index contributed by atoms with van der Waals surface area (Å²) in [4.78, 5) is 27.3. The molecule has 0 bridgehead atoms. The Morgan fingerprint density at radius 2 is 1.88 bits per heavy atom. The number of piperazine rings is 1. The number of benzene rings is 1. The summed E-state index contributed by atoms with van der Waals surface area (Å²) in [6.45, 7) is 4.74. The van der Waals surface area contributed by atoms with Crippen LogP contribution in [0, 0.1) is 0 Å². The molecule has 8 nitrogen and oxygen atoms in total. The van der Waals surface area contributed by atoms with Crippen molar-refractivity contribution >= 4 is 11.8 Å². The molecule has 1 aliphatic heterocycles. The molecule has 2 rings (SSSR count). The van der Waals surface area contributed by atoms with Gasteiger partial charge in [0.15, 0.2) is 0 Å². The number of nitrogens with one attached hydrogen (secondary N) is 1. The SMILES string of the molecule is COc1ccc(C(C)N2CCN(C(=O)CC(=O)NN)CC2)c(OC)c1. The van der Waals surface area contributed by atoms with Crippen molar-refractivity contribution in [2.24, 2.45) is 5.84 Å². The van der Waals surface area contributed by atoms with E-state index in [9.17, 15) is 9.59 Å². The van der Waals surface area contributed by atoms with Crippen molar-refractivity contribution < 1.29 is 19.1 Å². The summed E-state index contributed by atoms with van der Waals surface area (Å²) in [6, 6.07) is 5.94. The van der Waals surface area contributed by atoms with E-state index in [0.29, 0.717) is 13.1 Å². The topological polar surface area (TPSA) is 97.1 Å². The highest BCUT2D eigenvalue weighted by Gasteiger charge is 2.27. The van der Waals surface area contributed by atoms with Gasteiger partial charge >= 0.3 is 0 Å². The van der Waals surface area contributed by atoms with Crippen molar-refractivity contribution in [1.82, 2.24) is 15.2 Å². The normalized spacial score (nSPS) is 16.2. The van der Waals surface area contributed by atoms with Gasteiger partial charge < -0.3 is 14.4 Å². The van der Waals surface area contributed by atoms with Crippen LogP contribution < -0.4 is 20.7 Å². The molecule has 1 aliphatic rings. The van der Waals surface area contributed by atoms with Gasteiger partial charge in [0, 0.05) is 43.9 Å². The quantitative estimate of drug-likeness (QED) is 0.331. The van der Waals surface area contributed by atoms with Gasteiger partial charge in [-0.25, -0.2) is 5.84 Å². The second-order valence-electron chi connectivity index (χ2n) is 5.94. The molecule has 1 unspecified atom stereocenters. The standard InChI is InChI=1S/C17H26N4O4/c1-12(14-5-4-13(24-2)10-15(14)25-3)20-6-8-21(9-7-20)17(23)11-16(22)19-18/h4-5,10,12H,6-9,11,18H2,1-3H3,(H,19,22). The van der Waals surface area contributed by atoms with Crippen LogP contribution in [0.3, 0.4) is 0 Å². The molecule has 1 aromatic carbocycles. The number of hydrogen-bond donors (Lipinski definition) is 2. The van der Waals surface area contributed by atoms with Crippen LogP contribution in [0.1, 0.15) is 24.9 Å². The zero-order chi connectivity index (χ0) is 18.4. The minimum Gasteiger partial charge on any atom is -0.497 e. The number of carbonyl (C=O) groups excluding carboxylic acids is 2. The van der Waals surface area contributed by atoms with Crippen molar-refractivity contribution in [1.29, 1.82) is 0 Å². The second kappa shape index (κ2) is 8.68. The highest BCUT2D eigenvalue weighted by molar-refractivity contribution is 5.96. The van der Waals surface area contributed by atoms with E-state index in [1.807, 2.05) is 23.6 Å². The minimum atomic E-state index is -0.469. The van der Waals surface area contributed by atoms with Gasteiger partial charge in [-0.3, -0.25) is 19.9 Å². The summed E-state index contributed by atoms with van der Waals surface area (Å²) in [5, 5.41) is 0. The third-order valence-electron chi connectivity index (χ3n) is 4.58. The van der Waals surface area contributed by atoms with Crippen LogP contribution in [0.5, 0.6) is 11.5 Å². The predicted octanol–water partition coefficient (Wildman–Crippen LogP) is 0.289. The average Bonchev–Trinajstić information content (AvgIpc) is 2.66. The van der Waals surface area contributed by atoms with Gasteiger partial charge in [-0.15, -0.1) is 0 Å². The molecule has 0 aliphatic carbocycles. The van der Waals surface area contributed by atoms with Gasteiger partial charge in [-0.05, 0) is 13.0 Å². The van der Waals surface area contributed by atoms with Crippen molar-refractivity contribution in [3.05, 3.63) is 23.8 Å². The molecule has 1 saturated heterocycles. The van der Waals surface area contributed by atoms with E-state index in [2.05, 4.69) is 11.8 Å². The lowest BCUT2D eigenvalue weighted by Crippen LogP contribution is -2.50. The lowest BCUT2D eigenvalue weighted by Gasteiger charge is -2.38. The van der Waals surface area contributed by atoms with Crippen LogP contribution in [-0.4, -0.2) is 62.0 Å². The third kappa shape index (κ3) is 4.61. The molecule has 138 valence electrons. The van der Waals surface area contributed by atoms with Gasteiger partial charge in [-0.2, -0.15) is 0 Å². The summed E-state index contributed by atoms with van der Waals surface area (Å²) < 4.78 is 10.7. The zero-order valence-corrected chi connectivity index (χ0v) is 14.9. The third-order valence-corrected chi connectivity index (χ3v) is 4.58. The summed E-state index contributed by atoms with van der Waals surface area (Å²) in [6.07, 6.45) is -0.210. The molecule has 3 N–H and O–H groups in total. The van der Waals surface area contributed by atoms with Crippen molar-refractivity contribution in [3.63, 3.8) is 0 Å². The fraction of sp³-hybridized carbons (Fsp3) is 0.529. The molecule has 1 heterocycles. The summed E-state index contributed by atoms with van der Waals surface area (Å²) in [5.41, 5.74) is 3.06. The fourth-order valence-corrected chi connectivity index (χ4v) is 3.02. The summed E-state index contributed by atoms with van der Waals surface area (Å²) >= 11 is 0. The molecule has 0 aromatic heterocycles. The van der Waals surface area contributed by atoms with Crippen LogP contribution >= 0.6 is 0 Å². The molecule has 1 fully saturated rings. The zero-order valence-electron chi connectivity index (χ0n) is 14.9. The first-order valence-electron chi connectivity index (χ1n) is 8.23. The highest BCUT2D eigenvalue weighted by Crippen LogP contribution is 2.32. The summed E-state index contributed by atoms with van der Waals surface area (Å²) in [5.74, 6) is 5.89. The number of rotatable bonds is 6. The maximum atomic E-state index is 12.0. The number of hydrazine groups is 1. The van der Waals surface area contributed by atoms with E-state index in [-0.39, 0.29) is 18.4 Å². The Bertz CT molecular complexity index is 615. The lowest BCUT2D eigenvalue weighted by molar-refractivity contribution is -0.137. The Kier molecular flexibility index (Phi) is 6.60. The van der Waals surface area contributed by atoms with E-state index in [1.54, 1.807) is 19.1 Å². The Hall–Kier alpha value is -2.32. The Morgan fingerprint density at radius 3 is 2.44 bits per heavy atom. The van der Waals surface area contributed by atoms with Gasteiger partial charge in [0.05, 0.1) is 14.2 Å². The van der Waals surface area contributed by atoms with Crippen LogP contribution in [0.2, 0.25) is 0 Å². The molecular formula is C17H26N4O4. The van der Waals surface area contributed by atoms with Crippen LogP contribution in [0.25, 0.3) is 0 Å². The highest BCUT2D eigenvalue weighted by atomic mass is 16.5. The average molecular weight is 350 g/mol. The van der Waals surface area contributed by atoms with E-state index in [1.165, 1.54) is 0 Å². The number of carbonyl (C=O) groups is 2. The van der Waals surface area contributed by atoms with Gasteiger partial charge in [0.1, 0.15) is 17.9 Å². The van der Waals surface area contributed by atoms with Crippen LogP contribution in [-0.2, 0) is 9.59 Å². The van der Waals surface area contributed by atoms with E-state index in [0.717, 1.165) is 30.2 Å². The van der Waals surface area contributed by atoms with Gasteiger partial charge in [0.25, 0.3) is 0 Å². The van der Waals surface area contributed by atoms with E-state index in [4.69, 9.17) is 15.3 Å². The van der Waals surface area contributed by atoms with Crippen LogP contribution in [0.4, 0.5) is 0 Å². The monoisotopic (exact) mass is 350 g/mol. The number of amides is 2. The van der Waals surface area contributed by atoms with Crippen molar-refractivity contribution in [2.75, 3.05) is 40.4 Å². The number of hydrogen-bond acceptors (Lipinski definition) is 6. The second-order valence-corrected chi connectivity index (χ2v) is 5.94. The molecular weight excluding hydrogens is 324 g/mol. The lowest BCUT2D eigenvalue weighted by atomic mass is 10.0. The van der Waals surface area contributed by atoms with Crippen molar-refractivity contribution in [2.45, 2.75) is 19.4 Å². The molecule has 1 aromatic rings.